The topological polar surface area (TPSA) is 25.4 Å². The summed E-state index contributed by atoms with van der Waals surface area (Å²) in [6.07, 6.45) is 3.90. The quantitative estimate of drug-likeness (QED) is 0.176. The van der Waals surface area contributed by atoms with E-state index < -0.39 is 11.6 Å². The van der Waals surface area contributed by atoms with Gasteiger partial charge in [-0.3, -0.25) is 0 Å². The smallest absolute Gasteiger partial charge is 0.271 e. The van der Waals surface area contributed by atoms with E-state index in [-0.39, 0.29) is 28.6 Å². The Bertz CT molecular complexity index is 2020. The highest BCUT2D eigenvalue weighted by Crippen LogP contribution is 2.50. The number of anilines is 3. The maximum Gasteiger partial charge on any atom is 0.271 e. The molecular formula is C37H35BF2N2OS. The van der Waals surface area contributed by atoms with E-state index in [1.165, 1.54) is 34.9 Å². The van der Waals surface area contributed by atoms with Crippen molar-refractivity contribution < 1.29 is 13.5 Å². The van der Waals surface area contributed by atoms with Gasteiger partial charge in [0.05, 0.1) is 5.69 Å². The number of rotatable bonds is 1. The fraction of sp³-hybridized carbons (Fsp3) is 0.324. The first-order valence-corrected chi connectivity index (χ1v) is 16.2. The first-order valence-electron chi connectivity index (χ1n) is 15.4. The molecule has 0 unspecified atom stereocenters. The lowest BCUT2D eigenvalue weighted by Gasteiger charge is -2.44. The zero-order valence-electron chi connectivity index (χ0n) is 26.2. The van der Waals surface area contributed by atoms with Crippen molar-refractivity contribution in [2.24, 2.45) is 0 Å². The summed E-state index contributed by atoms with van der Waals surface area (Å²) in [6, 6.07) is 17.1. The second-order valence-electron chi connectivity index (χ2n) is 15.0. The van der Waals surface area contributed by atoms with Crippen molar-refractivity contribution in [1.29, 1.82) is 0 Å². The second kappa shape index (κ2) is 8.94. The third-order valence-electron chi connectivity index (χ3n) is 10.2. The van der Waals surface area contributed by atoms with Gasteiger partial charge in [0.25, 0.3) is 6.71 Å². The Hall–Kier alpha value is -3.71. The van der Waals surface area contributed by atoms with Crippen LogP contribution >= 0.6 is 11.3 Å². The van der Waals surface area contributed by atoms with Crippen LogP contribution in [0.3, 0.4) is 0 Å². The molecule has 7 heteroatoms. The van der Waals surface area contributed by atoms with Crippen molar-refractivity contribution in [2.75, 3.05) is 4.90 Å². The van der Waals surface area contributed by atoms with Crippen LogP contribution in [0, 0.1) is 11.6 Å². The van der Waals surface area contributed by atoms with Gasteiger partial charge in [-0.15, -0.1) is 11.3 Å². The zero-order valence-corrected chi connectivity index (χ0v) is 27.0. The molecule has 5 aromatic rings. The molecule has 3 aliphatic rings. The number of aromatic nitrogens is 1. The first kappa shape index (κ1) is 27.8. The van der Waals surface area contributed by atoms with Crippen molar-refractivity contribution in [3.63, 3.8) is 0 Å². The van der Waals surface area contributed by atoms with Crippen LogP contribution in [-0.4, -0.2) is 11.7 Å². The molecule has 0 bridgehead atoms. The minimum atomic E-state index is -0.610. The largest absolute Gasteiger partial charge is 0.440 e. The van der Waals surface area contributed by atoms with E-state index in [1.807, 2.05) is 6.07 Å². The molecule has 0 atom stereocenters. The van der Waals surface area contributed by atoms with Crippen molar-refractivity contribution >= 4 is 60.9 Å². The Balaban J connectivity index is 1.48. The molecule has 1 aliphatic carbocycles. The zero-order chi connectivity index (χ0) is 30.9. The van der Waals surface area contributed by atoms with E-state index in [0.717, 1.165) is 50.1 Å². The van der Waals surface area contributed by atoms with Crippen LogP contribution in [0.5, 0.6) is 11.6 Å². The van der Waals surface area contributed by atoms with Gasteiger partial charge in [0, 0.05) is 32.2 Å². The predicted molar refractivity (Wildman–Crippen MR) is 179 cm³/mol. The third-order valence-corrected chi connectivity index (χ3v) is 11.4. The van der Waals surface area contributed by atoms with Crippen LogP contribution in [0.4, 0.5) is 25.8 Å². The Morgan fingerprint density at radius 2 is 1.57 bits per heavy atom. The van der Waals surface area contributed by atoms with Gasteiger partial charge in [-0.25, -0.2) is 13.8 Å². The highest BCUT2D eigenvalue weighted by Gasteiger charge is 2.47. The molecule has 3 nitrogen and oxygen atoms in total. The molecule has 0 radical (unpaired) electrons. The average molecular weight is 605 g/mol. The molecular weight excluding hydrogens is 569 g/mol. The summed E-state index contributed by atoms with van der Waals surface area (Å²) in [5, 5.41) is 0.997. The van der Waals surface area contributed by atoms with E-state index in [1.54, 1.807) is 22.4 Å². The minimum absolute atomic E-state index is 0.0134. The Kier molecular flexibility index (Phi) is 5.65. The van der Waals surface area contributed by atoms with Crippen LogP contribution in [-0.2, 0) is 16.2 Å². The third kappa shape index (κ3) is 3.81. The summed E-state index contributed by atoms with van der Waals surface area (Å²) in [6.45, 7) is 15.7. The maximum absolute atomic E-state index is 15.8. The molecule has 0 fully saturated rings. The highest BCUT2D eigenvalue weighted by atomic mass is 32.1. The fourth-order valence-electron chi connectivity index (χ4n) is 7.50. The van der Waals surface area contributed by atoms with Crippen molar-refractivity contribution in [3.05, 3.63) is 89.1 Å². The standard InChI is InChI=1S/C37H35BF2N2OS/c1-35(2,3)20-11-12-29-21(17-20)31-33(44-29)38-24-18-22-23(37(6,7)15-14-36(22,4)5)19-28(24)43-34-30(38)27(13-16-41-34)42(31)32-25(39)9-8-10-26(32)40/h8-13,16-19H,14-15H2,1-7H3. The van der Waals surface area contributed by atoms with Gasteiger partial charge in [0.1, 0.15) is 23.1 Å². The molecule has 2 aliphatic heterocycles. The normalized spacial score (nSPS) is 17.5. The molecule has 0 saturated carbocycles. The summed E-state index contributed by atoms with van der Waals surface area (Å²) >= 11 is 1.70. The van der Waals surface area contributed by atoms with Gasteiger partial charge in [-0.2, -0.15) is 0 Å². The van der Waals surface area contributed by atoms with Gasteiger partial charge in [0.15, 0.2) is 0 Å². The summed E-state index contributed by atoms with van der Waals surface area (Å²) in [7, 11) is 0. The number of para-hydroxylation sites is 1. The SMILES string of the molecule is CC(C)(C)c1ccc2sc3c(c2c1)N(c1c(F)cccc1F)c1ccnc2c1B3c1cc3c(cc1O2)C(C)(C)CCC3(C)C. The number of fused-ring (bicyclic) bond motifs is 7. The number of halogens is 2. The lowest BCUT2D eigenvalue weighted by molar-refractivity contribution is 0.330. The summed E-state index contributed by atoms with van der Waals surface area (Å²) in [4.78, 5) is 6.48. The van der Waals surface area contributed by atoms with Crippen molar-refractivity contribution in [2.45, 2.75) is 77.6 Å². The van der Waals surface area contributed by atoms with E-state index in [2.05, 4.69) is 78.8 Å². The molecule has 0 N–H and O–H groups in total. The van der Waals surface area contributed by atoms with Gasteiger partial charge >= 0.3 is 0 Å². The molecule has 3 aromatic carbocycles. The van der Waals surface area contributed by atoms with E-state index in [9.17, 15) is 0 Å². The molecule has 0 saturated heterocycles. The lowest BCUT2D eigenvalue weighted by Crippen LogP contribution is -2.59. The Labute approximate surface area is 262 Å². The molecule has 0 spiro atoms. The Morgan fingerprint density at radius 3 is 2.25 bits per heavy atom. The first-order chi connectivity index (χ1) is 20.8. The van der Waals surface area contributed by atoms with Crippen LogP contribution in [0.25, 0.3) is 10.1 Å². The molecule has 8 rings (SSSR count). The summed E-state index contributed by atoms with van der Waals surface area (Å²) in [5.74, 6) is 0.0944. The Morgan fingerprint density at radius 1 is 0.886 bits per heavy atom. The molecule has 2 aromatic heterocycles. The van der Waals surface area contributed by atoms with E-state index in [0.29, 0.717) is 11.6 Å². The van der Waals surface area contributed by atoms with Crippen LogP contribution in [0.15, 0.2) is 60.8 Å². The van der Waals surface area contributed by atoms with Gasteiger partial charge in [-0.05, 0) is 87.6 Å². The van der Waals surface area contributed by atoms with E-state index >= 15 is 8.78 Å². The predicted octanol–water partition coefficient (Wildman–Crippen LogP) is 8.63. The van der Waals surface area contributed by atoms with Crippen LogP contribution in [0.2, 0.25) is 0 Å². The van der Waals surface area contributed by atoms with Gasteiger partial charge < -0.3 is 9.64 Å². The summed E-state index contributed by atoms with van der Waals surface area (Å²) < 4.78 is 40.3. The number of hydrogen-bond donors (Lipinski definition) is 0. The molecule has 44 heavy (non-hydrogen) atoms. The highest BCUT2D eigenvalue weighted by molar-refractivity contribution is 7.33. The fourth-order valence-corrected chi connectivity index (χ4v) is 8.80. The number of thiophene rings is 1. The number of ether oxygens (including phenoxy) is 1. The monoisotopic (exact) mass is 604 g/mol. The maximum atomic E-state index is 15.8. The number of hydrogen-bond acceptors (Lipinski definition) is 4. The second-order valence-corrected chi connectivity index (χ2v) is 16.1. The number of nitrogens with zero attached hydrogens (tertiary/aromatic N) is 2. The number of benzene rings is 3. The van der Waals surface area contributed by atoms with E-state index in [4.69, 9.17) is 9.72 Å². The minimum Gasteiger partial charge on any atom is -0.440 e. The summed E-state index contributed by atoms with van der Waals surface area (Å²) in [5.41, 5.74) is 7.18. The molecule has 0 amide bonds. The van der Waals surface area contributed by atoms with Crippen LogP contribution in [0.1, 0.15) is 78.0 Å². The molecule has 4 heterocycles. The van der Waals surface area contributed by atoms with Crippen molar-refractivity contribution in [1.82, 2.24) is 4.98 Å². The molecule has 222 valence electrons. The van der Waals surface area contributed by atoms with Gasteiger partial charge in [0.2, 0.25) is 5.88 Å². The number of pyridine rings is 1. The average Bonchev–Trinajstić information content (AvgIpc) is 3.34. The lowest BCUT2D eigenvalue weighted by atomic mass is 9.37. The van der Waals surface area contributed by atoms with Gasteiger partial charge in [-0.1, -0.05) is 66.7 Å². The van der Waals surface area contributed by atoms with Crippen molar-refractivity contribution in [3.8, 4) is 11.6 Å². The van der Waals surface area contributed by atoms with Crippen LogP contribution < -0.4 is 25.3 Å².